The van der Waals surface area contributed by atoms with Crippen LogP contribution in [0.3, 0.4) is 0 Å². The molecule has 4 aliphatic rings. The van der Waals surface area contributed by atoms with Crippen LogP contribution in [0.5, 0.6) is 0 Å². The van der Waals surface area contributed by atoms with Crippen molar-refractivity contribution in [1.29, 1.82) is 0 Å². The summed E-state index contributed by atoms with van der Waals surface area (Å²) in [4.78, 5) is 28.1. The van der Waals surface area contributed by atoms with Crippen LogP contribution in [0.1, 0.15) is 49.7 Å². The second-order valence-electron chi connectivity index (χ2n) is 9.40. The lowest BCUT2D eigenvalue weighted by atomic mass is 9.73. The van der Waals surface area contributed by atoms with Crippen molar-refractivity contribution in [2.24, 2.45) is 17.3 Å². The SMILES string of the molecule is CN1CC2(CC2)C[C@H](C(=O)NO)[C@H]1C(=O)C1CCC2=C(Cc3ccccc32)C1. The Morgan fingerprint density at radius 3 is 2.79 bits per heavy atom. The molecule has 5 rings (SSSR count). The number of hydrogen-bond donors (Lipinski definition) is 2. The van der Waals surface area contributed by atoms with Crippen LogP contribution in [0.25, 0.3) is 5.57 Å². The fraction of sp³-hybridized carbons (Fsp3) is 0.565. The van der Waals surface area contributed by atoms with E-state index in [1.54, 1.807) is 0 Å². The third-order valence-corrected chi connectivity index (χ3v) is 7.60. The molecule has 28 heavy (non-hydrogen) atoms. The third kappa shape index (κ3) is 2.83. The minimum atomic E-state index is -0.449. The molecule has 1 unspecified atom stereocenters. The van der Waals surface area contributed by atoms with E-state index in [2.05, 4.69) is 29.2 Å². The van der Waals surface area contributed by atoms with Crippen molar-refractivity contribution < 1.29 is 14.8 Å². The Bertz CT molecular complexity index is 870. The van der Waals surface area contributed by atoms with E-state index in [0.717, 1.165) is 45.1 Å². The van der Waals surface area contributed by atoms with Crippen molar-refractivity contribution in [3.63, 3.8) is 0 Å². The number of benzene rings is 1. The van der Waals surface area contributed by atoms with Crippen molar-refractivity contribution in [1.82, 2.24) is 10.4 Å². The van der Waals surface area contributed by atoms with E-state index in [0.29, 0.717) is 6.42 Å². The second-order valence-corrected chi connectivity index (χ2v) is 9.40. The highest BCUT2D eigenvalue weighted by Crippen LogP contribution is 2.55. The zero-order chi connectivity index (χ0) is 19.5. The molecule has 1 aromatic rings. The number of rotatable bonds is 3. The van der Waals surface area contributed by atoms with Crippen LogP contribution in [0.2, 0.25) is 0 Å². The number of hydrogen-bond acceptors (Lipinski definition) is 4. The van der Waals surface area contributed by atoms with Gasteiger partial charge in [-0.25, -0.2) is 5.48 Å². The van der Waals surface area contributed by atoms with Crippen LogP contribution >= 0.6 is 0 Å². The molecule has 5 heteroatoms. The van der Waals surface area contributed by atoms with Crippen molar-refractivity contribution in [2.45, 2.75) is 51.0 Å². The summed E-state index contributed by atoms with van der Waals surface area (Å²) in [5.41, 5.74) is 7.61. The third-order valence-electron chi connectivity index (χ3n) is 7.60. The first-order valence-corrected chi connectivity index (χ1v) is 10.5. The highest BCUT2D eigenvalue weighted by molar-refractivity contribution is 5.94. The lowest BCUT2D eigenvalue weighted by molar-refractivity contribution is -0.146. The summed E-state index contributed by atoms with van der Waals surface area (Å²) >= 11 is 0. The number of Topliss-reactive ketones (excluding diaryl/α,β-unsaturated/α-hetero) is 1. The summed E-state index contributed by atoms with van der Waals surface area (Å²) in [5, 5.41) is 9.26. The highest BCUT2D eigenvalue weighted by Gasteiger charge is 2.55. The average Bonchev–Trinajstić information content (AvgIpc) is 3.33. The Kier molecular flexibility index (Phi) is 4.21. The quantitative estimate of drug-likeness (QED) is 0.625. The van der Waals surface area contributed by atoms with Crippen LogP contribution in [0, 0.1) is 17.3 Å². The number of fused-ring (bicyclic) bond motifs is 2. The van der Waals surface area contributed by atoms with Gasteiger partial charge < -0.3 is 0 Å². The van der Waals surface area contributed by atoms with Gasteiger partial charge in [0.25, 0.3) is 0 Å². The number of ketones is 1. The Morgan fingerprint density at radius 2 is 2.04 bits per heavy atom. The zero-order valence-corrected chi connectivity index (χ0v) is 16.4. The molecule has 0 bridgehead atoms. The number of likely N-dealkylation sites (tertiary alicyclic amines) is 1. The van der Waals surface area contributed by atoms with Gasteiger partial charge in [0.2, 0.25) is 5.91 Å². The van der Waals surface area contributed by atoms with E-state index in [4.69, 9.17) is 0 Å². The molecule has 148 valence electrons. The zero-order valence-electron chi connectivity index (χ0n) is 16.4. The maximum Gasteiger partial charge on any atom is 0.248 e. The molecular formula is C23H28N2O3. The number of carbonyl (C=O) groups is 2. The Balaban J connectivity index is 1.37. The van der Waals surface area contributed by atoms with Gasteiger partial charge in [-0.2, -0.15) is 0 Å². The van der Waals surface area contributed by atoms with Crippen LogP contribution in [0.4, 0.5) is 0 Å². The maximum absolute atomic E-state index is 13.6. The number of amides is 1. The van der Waals surface area contributed by atoms with E-state index in [1.807, 2.05) is 12.5 Å². The van der Waals surface area contributed by atoms with Gasteiger partial charge in [0.05, 0.1) is 12.0 Å². The number of nitrogens with one attached hydrogen (secondary N) is 1. The summed E-state index contributed by atoms with van der Waals surface area (Å²) in [6.07, 6.45) is 6.52. The number of piperidine rings is 1. The minimum absolute atomic E-state index is 0.0252. The molecule has 5 nitrogen and oxygen atoms in total. The smallest absolute Gasteiger partial charge is 0.248 e. The lowest BCUT2D eigenvalue weighted by Crippen LogP contribution is -2.57. The van der Waals surface area contributed by atoms with Gasteiger partial charge in [-0.05, 0) is 74.1 Å². The standard InChI is InChI=1S/C23H28N2O3/c1-25-13-23(8-9-23)12-19(22(27)24-28)20(25)21(26)15-6-7-18-16(11-15)10-14-4-2-3-5-17(14)18/h2-5,15,19-20,28H,6-13H2,1H3,(H,24,27)/t15?,19-,20-/m0/s1. The number of nitrogens with zero attached hydrogens (tertiary/aromatic N) is 1. The molecule has 1 spiro atoms. The molecule has 1 saturated carbocycles. The maximum atomic E-state index is 13.6. The molecule has 1 saturated heterocycles. The Hall–Kier alpha value is -1.98. The van der Waals surface area contributed by atoms with Gasteiger partial charge in [-0.15, -0.1) is 0 Å². The summed E-state index contributed by atoms with van der Waals surface area (Å²) in [5.74, 6) is -0.688. The van der Waals surface area contributed by atoms with Gasteiger partial charge in [0, 0.05) is 12.5 Å². The molecule has 3 aliphatic carbocycles. The van der Waals surface area contributed by atoms with Gasteiger partial charge in [-0.1, -0.05) is 29.8 Å². The first-order chi connectivity index (χ1) is 13.5. The molecule has 1 aromatic carbocycles. The van der Waals surface area contributed by atoms with Crippen molar-refractivity contribution in [3.05, 3.63) is 41.0 Å². The molecule has 1 heterocycles. The Morgan fingerprint density at radius 1 is 1.25 bits per heavy atom. The van der Waals surface area contributed by atoms with E-state index in [1.165, 1.54) is 22.3 Å². The first-order valence-electron chi connectivity index (χ1n) is 10.5. The van der Waals surface area contributed by atoms with Gasteiger partial charge in [-0.3, -0.25) is 19.7 Å². The highest BCUT2D eigenvalue weighted by atomic mass is 16.5. The fourth-order valence-corrected chi connectivity index (χ4v) is 6.06. The molecule has 3 atom stereocenters. The monoisotopic (exact) mass is 380 g/mol. The molecule has 0 radical (unpaired) electrons. The largest absolute Gasteiger partial charge is 0.298 e. The summed E-state index contributed by atoms with van der Waals surface area (Å²) in [6, 6.07) is 8.15. The van der Waals surface area contributed by atoms with Crippen LogP contribution in [0.15, 0.2) is 29.8 Å². The molecule has 1 amide bonds. The van der Waals surface area contributed by atoms with Crippen LogP contribution in [-0.4, -0.2) is 41.4 Å². The van der Waals surface area contributed by atoms with E-state index >= 15 is 0 Å². The molecule has 0 aromatic heterocycles. The molecule has 2 N–H and O–H groups in total. The number of likely N-dealkylation sites (N-methyl/N-ethyl adjacent to an activating group) is 1. The van der Waals surface area contributed by atoms with E-state index in [9.17, 15) is 14.8 Å². The normalized spacial score (nSPS) is 30.7. The van der Waals surface area contributed by atoms with Gasteiger partial charge in [0.1, 0.15) is 0 Å². The number of allylic oxidation sites excluding steroid dienone is 2. The first kappa shape index (κ1) is 18.1. The molecule has 1 aliphatic heterocycles. The van der Waals surface area contributed by atoms with Crippen LogP contribution in [-0.2, 0) is 16.0 Å². The Labute approximate surface area is 165 Å². The van der Waals surface area contributed by atoms with Crippen molar-refractivity contribution >= 4 is 17.3 Å². The average molecular weight is 380 g/mol. The summed E-state index contributed by atoms with van der Waals surface area (Å²) in [6.45, 7) is 0.880. The minimum Gasteiger partial charge on any atom is -0.298 e. The summed E-state index contributed by atoms with van der Waals surface area (Å²) in [7, 11) is 1.97. The second kappa shape index (κ2) is 6.53. The van der Waals surface area contributed by atoms with E-state index < -0.39 is 17.9 Å². The van der Waals surface area contributed by atoms with Gasteiger partial charge >= 0.3 is 0 Å². The van der Waals surface area contributed by atoms with Crippen molar-refractivity contribution in [3.8, 4) is 0 Å². The van der Waals surface area contributed by atoms with E-state index in [-0.39, 0.29) is 17.1 Å². The molecular weight excluding hydrogens is 352 g/mol. The number of carbonyl (C=O) groups excluding carboxylic acids is 2. The predicted octanol–water partition coefficient (Wildman–Crippen LogP) is 2.97. The topological polar surface area (TPSA) is 69.6 Å². The number of hydroxylamine groups is 1. The predicted molar refractivity (Wildman–Crippen MR) is 106 cm³/mol. The fourth-order valence-electron chi connectivity index (χ4n) is 6.06. The van der Waals surface area contributed by atoms with Crippen LogP contribution < -0.4 is 5.48 Å². The van der Waals surface area contributed by atoms with Crippen molar-refractivity contribution in [2.75, 3.05) is 13.6 Å². The molecule has 2 fully saturated rings. The lowest BCUT2D eigenvalue weighted by Gasteiger charge is -2.43. The summed E-state index contributed by atoms with van der Waals surface area (Å²) < 4.78 is 0. The van der Waals surface area contributed by atoms with Gasteiger partial charge in [0.15, 0.2) is 5.78 Å².